The van der Waals surface area contributed by atoms with E-state index in [9.17, 15) is 4.79 Å². The largest absolute Gasteiger partial charge is 0.494 e. The van der Waals surface area contributed by atoms with Gasteiger partial charge in [0.05, 0.1) is 13.2 Å². The standard InChI is InChI=1S/C31H45NO3/c1-4-6-7-8-9-10-11-12-13-24-34-29-20-16-28(17-21-29)32-23-22-31(33)27-14-18-30(19-15-27)35-25-26(3)5-2/h14-23,26,32H,4-13,24-25H2,1-3H3/b23-22+/t26-/m0/s1. The number of anilines is 1. The number of hydrogen-bond donors (Lipinski definition) is 1. The number of rotatable bonds is 19. The first kappa shape index (κ1) is 28.5. The minimum absolute atomic E-state index is 0.0492. The first-order valence-electron chi connectivity index (χ1n) is 13.6. The highest BCUT2D eigenvalue weighted by molar-refractivity contribution is 6.04. The SMILES string of the molecule is CCCCCCCCCCCOc1ccc(N/C=C/C(=O)c2ccc(OC[C@@H](C)CC)cc2)cc1. The van der Waals surface area contributed by atoms with Gasteiger partial charge in [-0.25, -0.2) is 0 Å². The number of nitrogens with one attached hydrogen (secondary N) is 1. The van der Waals surface area contributed by atoms with Gasteiger partial charge in [-0.3, -0.25) is 4.79 Å². The Hall–Kier alpha value is -2.75. The maximum Gasteiger partial charge on any atom is 0.187 e. The predicted octanol–water partition coefficient (Wildman–Crippen LogP) is 8.83. The third-order valence-corrected chi connectivity index (χ3v) is 6.23. The molecule has 192 valence electrons. The van der Waals surface area contributed by atoms with Crippen molar-refractivity contribution in [1.29, 1.82) is 0 Å². The summed E-state index contributed by atoms with van der Waals surface area (Å²) in [6.07, 6.45) is 16.1. The molecule has 0 aliphatic carbocycles. The van der Waals surface area contributed by atoms with Crippen molar-refractivity contribution in [2.45, 2.75) is 85.0 Å². The summed E-state index contributed by atoms with van der Waals surface area (Å²) < 4.78 is 11.6. The number of carbonyl (C=O) groups is 1. The van der Waals surface area contributed by atoms with Crippen molar-refractivity contribution in [3.63, 3.8) is 0 Å². The maximum absolute atomic E-state index is 12.4. The van der Waals surface area contributed by atoms with E-state index in [-0.39, 0.29) is 5.78 Å². The fraction of sp³-hybridized carbons (Fsp3) is 0.516. The van der Waals surface area contributed by atoms with Crippen molar-refractivity contribution in [3.8, 4) is 11.5 Å². The van der Waals surface area contributed by atoms with Crippen LogP contribution in [0.1, 0.15) is 95.3 Å². The highest BCUT2D eigenvalue weighted by atomic mass is 16.5. The monoisotopic (exact) mass is 479 g/mol. The molecule has 0 bridgehead atoms. The first-order chi connectivity index (χ1) is 17.1. The molecule has 0 saturated heterocycles. The number of ether oxygens (including phenoxy) is 2. The van der Waals surface area contributed by atoms with Crippen LogP contribution in [0.5, 0.6) is 11.5 Å². The van der Waals surface area contributed by atoms with E-state index in [1.807, 2.05) is 36.4 Å². The Morgan fingerprint density at radius 3 is 2.00 bits per heavy atom. The van der Waals surface area contributed by atoms with E-state index in [4.69, 9.17) is 9.47 Å². The number of carbonyl (C=O) groups excluding carboxylic acids is 1. The minimum atomic E-state index is -0.0492. The van der Waals surface area contributed by atoms with Crippen LogP contribution >= 0.6 is 0 Å². The number of hydrogen-bond acceptors (Lipinski definition) is 4. The van der Waals surface area contributed by atoms with Crippen molar-refractivity contribution in [2.24, 2.45) is 5.92 Å². The van der Waals surface area contributed by atoms with Crippen LogP contribution < -0.4 is 14.8 Å². The molecule has 2 aromatic rings. The van der Waals surface area contributed by atoms with E-state index >= 15 is 0 Å². The fourth-order valence-electron chi connectivity index (χ4n) is 3.63. The highest BCUT2D eigenvalue weighted by Gasteiger charge is 2.04. The van der Waals surface area contributed by atoms with Gasteiger partial charge < -0.3 is 14.8 Å². The van der Waals surface area contributed by atoms with Crippen LogP contribution in [0.15, 0.2) is 60.8 Å². The summed E-state index contributed by atoms with van der Waals surface area (Å²) in [4.78, 5) is 12.4. The van der Waals surface area contributed by atoms with Crippen molar-refractivity contribution >= 4 is 11.5 Å². The molecule has 0 saturated carbocycles. The summed E-state index contributed by atoms with van der Waals surface area (Å²) in [5, 5.41) is 3.15. The maximum atomic E-state index is 12.4. The summed E-state index contributed by atoms with van der Waals surface area (Å²) >= 11 is 0. The molecule has 1 N–H and O–H groups in total. The lowest BCUT2D eigenvalue weighted by molar-refractivity contribution is 0.104. The number of allylic oxidation sites excluding steroid dienone is 1. The Bertz CT molecular complexity index is 843. The van der Waals surface area contributed by atoms with E-state index < -0.39 is 0 Å². The van der Waals surface area contributed by atoms with Gasteiger partial charge in [0.1, 0.15) is 11.5 Å². The van der Waals surface area contributed by atoms with E-state index in [1.165, 1.54) is 51.4 Å². The van der Waals surface area contributed by atoms with Crippen molar-refractivity contribution < 1.29 is 14.3 Å². The van der Waals surface area contributed by atoms with E-state index in [0.717, 1.165) is 36.6 Å². The molecule has 0 amide bonds. The molecule has 0 fully saturated rings. The molecule has 2 rings (SSSR count). The Morgan fingerprint density at radius 2 is 1.37 bits per heavy atom. The normalized spacial score (nSPS) is 12.0. The van der Waals surface area contributed by atoms with Crippen LogP contribution in [0.4, 0.5) is 5.69 Å². The first-order valence-corrected chi connectivity index (χ1v) is 13.6. The zero-order chi connectivity index (χ0) is 25.1. The summed E-state index contributed by atoms with van der Waals surface area (Å²) in [5.41, 5.74) is 1.55. The zero-order valence-corrected chi connectivity index (χ0v) is 22.1. The lowest BCUT2D eigenvalue weighted by atomic mass is 10.1. The van der Waals surface area contributed by atoms with Gasteiger partial charge in [0.15, 0.2) is 5.78 Å². The van der Waals surface area contributed by atoms with Crippen LogP contribution in [-0.2, 0) is 0 Å². The predicted molar refractivity (Wildman–Crippen MR) is 148 cm³/mol. The third-order valence-electron chi connectivity index (χ3n) is 6.23. The molecule has 0 aromatic heterocycles. The topological polar surface area (TPSA) is 47.6 Å². The van der Waals surface area contributed by atoms with E-state index in [0.29, 0.717) is 18.1 Å². The molecule has 4 heteroatoms. The van der Waals surface area contributed by atoms with Gasteiger partial charge in [0, 0.05) is 23.5 Å². The summed E-state index contributed by atoms with van der Waals surface area (Å²) in [7, 11) is 0. The van der Waals surface area contributed by atoms with Crippen LogP contribution in [0.3, 0.4) is 0 Å². The molecule has 0 unspecified atom stereocenters. The van der Waals surface area contributed by atoms with Crippen LogP contribution in [0.25, 0.3) is 0 Å². The highest BCUT2D eigenvalue weighted by Crippen LogP contribution is 2.18. The summed E-state index contributed by atoms with van der Waals surface area (Å²) in [6.45, 7) is 8.03. The molecule has 35 heavy (non-hydrogen) atoms. The molecule has 0 aliphatic rings. The molecular formula is C31H45NO3. The van der Waals surface area contributed by atoms with Gasteiger partial charge in [-0.05, 0) is 60.9 Å². The second-order valence-electron chi connectivity index (χ2n) is 9.39. The minimum Gasteiger partial charge on any atom is -0.494 e. The molecule has 2 aromatic carbocycles. The molecule has 4 nitrogen and oxygen atoms in total. The van der Waals surface area contributed by atoms with Crippen LogP contribution in [0, 0.1) is 5.92 Å². The number of ketones is 1. The van der Waals surface area contributed by atoms with Gasteiger partial charge in [0.2, 0.25) is 0 Å². The van der Waals surface area contributed by atoms with Gasteiger partial charge in [0.25, 0.3) is 0 Å². The molecular weight excluding hydrogens is 434 g/mol. The third kappa shape index (κ3) is 12.5. The van der Waals surface area contributed by atoms with Gasteiger partial charge in [-0.1, -0.05) is 78.6 Å². The molecule has 0 radical (unpaired) electrons. The zero-order valence-electron chi connectivity index (χ0n) is 22.1. The molecule has 0 spiro atoms. The second-order valence-corrected chi connectivity index (χ2v) is 9.39. The summed E-state index contributed by atoms with van der Waals surface area (Å²) in [6, 6.07) is 15.2. The van der Waals surface area contributed by atoms with Gasteiger partial charge >= 0.3 is 0 Å². The van der Waals surface area contributed by atoms with Crippen LogP contribution in [0.2, 0.25) is 0 Å². The molecule has 1 atom stereocenters. The fourth-order valence-corrected chi connectivity index (χ4v) is 3.63. The average Bonchev–Trinajstić information content (AvgIpc) is 2.89. The number of benzene rings is 2. The smallest absolute Gasteiger partial charge is 0.187 e. The molecule has 0 aliphatic heterocycles. The lowest BCUT2D eigenvalue weighted by Crippen LogP contribution is -2.07. The second kappa shape index (κ2) is 17.7. The molecule has 0 heterocycles. The number of unbranched alkanes of at least 4 members (excludes halogenated alkanes) is 8. The Morgan fingerprint density at radius 1 is 0.800 bits per heavy atom. The lowest BCUT2D eigenvalue weighted by Gasteiger charge is -2.10. The summed E-state index contributed by atoms with van der Waals surface area (Å²) in [5.74, 6) is 2.15. The van der Waals surface area contributed by atoms with Crippen LogP contribution in [-0.4, -0.2) is 19.0 Å². The van der Waals surface area contributed by atoms with Crippen molar-refractivity contribution in [2.75, 3.05) is 18.5 Å². The Kier molecular flexibility index (Phi) is 14.4. The van der Waals surface area contributed by atoms with E-state index in [1.54, 1.807) is 24.4 Å². The van der Waals surface area contributed by atoms with Crippen molar-refractivity contribution in [1.82, 2.24) is 0 Å². The quantitative estimate of drug-likeness (QED) is 0.124. The Labute approximate surface area is 213 Å². The Balaban J connectivity index is 1.62. The van der Waals surface area contributed by atoms with Crippen molar-refractivity contribution in [3.05, 3.63) is 66.4 Å². The van der Waals surface area contributed by atoms with Gasteiger partial charge in [-0.15, -0.1) is 0 Å². The average molecular weight is 480 g/mol. The van der Waals surface area contributed by atoms with Gasteiger partial charge in [-0.2, -0.15) is 0 Å². The van der Waals surface area contributed by atoms with E-state index in [2.05, 4.69) is 26.1 Å².